The summed E-state index contributed by atoms with van der Waals surface area (Å²) in [5.41, 5.74) is 3.11. The summed E-state index contributed by atoms with van der Waals surface area (Å²) >= 11 is 18.7. The number of hydrogen-bond donors (Lipinski definition) is 1. The van der Waals surface area contributed by atoms with Crippen molar-refractivity contribution in [1.29, 1.82) is 0 Å². The van der Waals surface area contributed by atoms with Crippen LogP contribution in [0.3, 0.4) is 0 Å². The van der Waals surface area contributed by atoms with Crippen molar-refractivity contribution >= 4 is 80.8 Å². The van der Waals surface area contributed by atoms with Gasteiger partial charge in [-0.3, -0.25) is 14.5 Å². The number of halogens is 2. The van der Waals surface area contributed by atoms with E-state index in [1.807, 2.05) is 37.3 Å². The molecule has 2 amide bonds. The Morgan fingerprint density at radius 1 is 1.09 bits per heavy atom. The fraction of sp³-hybridized carbons (Fsp3) is 0.0800. The average Bonchev–Trinajstić information content (AvgIpc) is 3.09. The second-order valence-corrected chi connectivity index (χ2v) is 9.88. The number of aryl methyl sites for hydroxylation is 1. The fourth-order valence-corrected chi connectivity index (χ4v) is 4.73. The Hall–Kier alpha value is -2.84. The third-order valence-corrected chi connectivity index (χ3v) is 6.86. The van der Waals surface area contributed by atoms with Gasteiger partial charge in [0.05, 0.1) is 20.6 Å². The molecular weight excluding hydrogens is 511 g/mol. The lowest BCUT2D eigenvalue weighted by Crippen LogP contribution is -2.27. The molecule has 0 aromatic heterocycles. The van der Waals surface area contributed by atoms with Crippen molar-refractivity contribution in [3.63, 3.8) is 0 Å². The minimum atomic E-state index is -0.267. The molecule has 3 aromatic rings. The first-order valence-corrected chi connectivity index (χ1v) is 12.1. The Balaban J connectivity index is 1.43. The van der Waals surface area contributed by atoms with Gasteiger partial charge in [0.2, 0.25) is 0 Å². The number of benzene rings is 3. The molecule has 0 saturated carbocycles. The van der Waals surface area contributed by atoms with E-state index in [4.69, 9.17) is 40.2 Å². The number of ether oxygens (including phenoxy) is 1. The summed E-state index contributed by atoms with van der Waals surface area (Å²) < 4.78 is 6.03. The standard InChI is InChI=1S/C25H18Cl2N2O3S2/c1-15-5-7-17(8-6-15)28-23(30)14-32-19-4-2-3-16(11-19)12-22-24(31)29(25(33)34-22)18-9-10-20(26)21(27)13-18/h2-13H,14H2,1H3,(H,28,30)/b22-12-. The molecule has 1 N–H and O–H groups in total. The molecule has 1 saturated heterocycles. The average molecular weight is 529 g/mol. The minimum Gasteiger partial charge on any atom is -0.484 e. The van der Waals surface area contributed by atoms with Gasteiger partial charge in [0.1, 0.15) is 5.75 Å². The number of rotatable bonds is 6. The highest BCUT2D eigenvalue weighted by molar-refractivity contribution is 8.27. The maximum atomic E-state index is 13.0. The number of carbonyl (C=O) groups excluding carboxylic acids is 2. The van der Waals surface area contributed by atoms with Gasteiger partial charge in [-0.2, -0.15) is 0 Å². The van der Waals surface area contributed by atoms with Gasteiger partial charge < -0.3 is 10.1 Å². The van der Waals surface area contributed by atoms with Crippen LogP contribution in [-0.2, 0) is 9.59 Å². The Morgan fingerprint density at radius 2 is 1.85 bits per heavy atom. The van der Waals surface area contributed by atoms with Gasteiger partial charge in [-0.25, -0.2) is 0 Å². The highest BCUT2D eigenvalue weighted by Gasteiger charge is 2.33. The topological polar surface area (TPSA) is 58.6 Å². The summed E-state index contributed by atoms with van der Waals surface area (Å²) in [5, 5.41) is 3.53. The van der Waals surface area contributed by atoms with Crippen LogP contribution in [0.1, 0.15) is 11.1 Å². The quantitative estimate of drug-likeness (QED) is 0.284. The van der Waals surface area contributed by atoms with E-state index in [9.17, 15) is 9.59 Å². The molecule has 5 nitrogen and oxygen atoms in total. The summed E-state index contributed by atoms with van der Waals surface area (Å²) in [5.74, 6) is -0.0123. The molecule has 9 heteroatoms. The number of nitrogens with zero attached hydrogens (tertiary/aromatic N) is 1. The van der Waals surface area contributed by atoms with E-state index in [1.54, 1.807) is 42.5 Å². The lowest BCUT2D eigenvalue weighted by Gasteiger charge is -2.15. The number of carbonyl (C=O) groups is 2. The second-order valence-electron chi connectivity index (χ2n) is 7.39. The first kappa shape index (κ1) is 24.3. The van der Waals surface area contributed by atoms with Crippen molar-refractivity contribution in [2.24, 2.45) is 0 Å². The Bertz CT molecular complexity index is 1310. The number of nitrogens with one attached hydrogen (secondary N) is 1. The molecule has 0 spiro atoms. The normalized spacial score (nSPS) is 14.6. The van der Waals surface area contributed by atoms with Crippen LogP contribution in [-0.4, -0.2) is 22.7 Å². The number of thioether (sulfide) groups is 1. The van der Waals surface area contributed by atoms with Crippen molar-refractivity contribution in [3.8, 4) is 5.75 Å². The molecule has 0 unspecified atom stereocenters. The minimum absolute atomic E-state index is 0.142. The van der Waals surface area contributed by atoms with Gasteiger partial charge in [-0.1, -0.05) is 77.0 Å². The third-order valence-electron chi connectivity index (χ3n) is 4.82. The van der Waals surface area contributed by atoms with Gasteiger partial charge in [-0.15, -0.1) is 0 Å². The van der Waals surface area contributed by atoms with Gasteiger partial charge in [0.25, 0.3) is 11.8 Å². The number of anilines is 2. The first-order valence-electron chi connectivity index (χ1n) is 10.1. The van der Waals surface area contributed by atoms with E-state index < -0.39 is 0 Å². The summed E-state index contributed by atoms with van der Waals surface area (Å²) in [7, 11) is 0. The molecule has 0 atom stereocenters. The molecule has 1 fully saturated rings. The third kappa shape index (κ3) is 5.80. The Kier molecular flexibility index (Phi) is 7.58. The van der Waals surface area contributed by atoms with Crippen LogP contribution in [0.2, 0.25) is 10.0 Å². The van der Waals surface area contributed by atoms with Gasteiger partial charge in [0, 0.05) is 5.69 Å². The molecular formula is C25H18Cl2N2O3S2. The summed E-state index contributed by atoms with van der Waals surface area (Å²) in [6, 6.07) is 19.6. The summed E-state index contributed by atoms with van der Waals surface area (Å²) in [6.07, 6.45) is 1.73. The van der Waals surface area contributed by atoms with E-state index in [1.165, 1.54) is 16.7 Å². The van der Waals surface area contributed by atoms with Crippen LogP contribution < -0.4 is 15.0 Å². The summed E-state index contributed by atoms with van der Waals surface area (Å²) in [6.45, 7) is 1.84. The van der Waals surface area contributed by atoms with Crippen molar-refractivity contribution in [1.82, 2.24) is 0 Å². The predicted octanol–water partition coefficient (Wildman–Crippen LogP) is 6.73. The Morgan fingerprint density at radius 3 is 2.59 bits per heavy atom. The SMILES string of the molecule is Cc1ccc(NC(=O)COc2cccc(/C=C3\SC(=S)N(c4ccc(Cl)c(Cl)c4)C3=O)c2)cc1. The van der Waals surface area contributed by atoms with E-state index in [0.717, 1.165) is 11.1 Å². The van der Waals surface area contributed by atoms with Crippen LogP contribution in [0.4, 0.5) is 11.4 Å². The smallest absolute Gasteiger partial charge is 0.270 e. The zero-order valence-electron chi connectivity index (χ0n) is 17.9. The van der Waals surface area contributed by atoms with Crippen LogP contribution >= 0.6 is 47.2 Å². The zero-order chi connectivity index (χ0) is 24.2. The Labute approximate surface area is 216 Å². The van der Waals surface area contributed by atoms with Crippen molar-refractivity contribution in [3.05, 3.63) is 92.8 Å². The molecule has 1 aliphatic rings. The molecule has 4 rings (SSSR count). The fourth-order valence-electron chi connectivity index (χ4n) is 3.14. The maximum Gasteiger partial charge on any atom is 0.270 e. The van der Waals surface area contributed by atoms with E-state index >= 15 is 0 Å². The van der Waals surface area contributed by atoms with Crippen molar-refractivity contribution in [2.75, 3.05) is 16.8 Å². The molecule has 172 valence electrons. The lowest BCUT2D eigenvalue weighted by atomic mass is 10.2. The molecule has 0 aliphatic carbocycles. The molecule has 3 aromatic carbocycles. The number of amides is 2. The molecule has 1 aliphatic heterocycles. The highest BCUT2D eigenvalue weighted by Crippen LogP contribution is 2.38. The van der Waals surface area contributed by atoms with Gasteiger partial charge in [-0.05, 0) is 61.0 Å². The number of hydrogen-bond acceptors (Lipinski definition) is 5. The van der Waals surface area contributed by atoms with E-state index in [0.29, 0.717) is 36.4 Å². The van der Waals surface area contributed by atoms with Crippen LogP contribution in [0.15, 0.2) is 71.6 Å². The molecule has 0 radical (unpaired) electrons. The number of thiocarbonyl (C=S) groups is 1. The lowest BCUT2D eigenvalue weighted by molar-refractivity contribution is -0.118. The largest absolute Gasteiger partial charge is 0.484 e. The van der Waals surface area contributed by atoms with E-state index in [2.05, 4.69) is 5.32 Å². The predicted molar refractivity (Wildman–Crippen MR) is 144 cm³/mol. The van der Waals surface area contributed by atoms with Crippen LogP contribution in [0, 0.1) is 6.92 Å². The van der Waals surface area contributed by atoms with E-state index in [-0.39, 0.29) is 18.4 Å². The van der Waals surface area contributed by atoms with Crippen molar-refractivity contribution < 1.29 is 14.3 Å². The van der Waals surface area contributed by atoms with Crippen LogP contribution in [0.25, 0.3) is 6.08 Å². The molecule has 34 heavy (non-hydrogen) atoms. The zero-order valence-corrected chi connectivity index (χ0v) is 21.0. The molecule has 0 bridgehead atoms. The van der Waals surface area contributed by atoms with Crippen molar-refractivity contribution in [2.45, 2.75) is 6.92 Å². The van der Waals surface area contributed by atoms with Gasteiger partial charge in [0.15, 0.2) is 10.9 Å². The first-order chi connectivity index (χ1) is 16.3. The molecule has 1 heterocycles. The maximum absolute atomic E-state index is 13.0. The summed E-state index contributed by atoms with van der Waals surface area (Å²) in [4.78, 5) is 27.1. The second kappa shape index (κ2) is 10.6. The monoisotopic (exact) mass is 528 g/mol. The van der Waals surface area contributed by atoms with Gasteiger partial charge >= 0.3 is 0 Å². The van der Waals surface area contributed by atoms with Crippen LogP contribution in [0.5, 0.6) is 5.75 Å². The highest BCUT2D eigenvalue weighted by atomic mass is 35.5.